The minimum atomic E-state index is -4.47. The number of fused-ring (bicyclic) bond motifs is 1. The van der Waals surface area contributed by atoms with Crippen molar-refractivity contribution in [2.24, 2.45) is 0 Å². The molecule has 3 aromatic rings. The first-order chi connectivity index (χ1) is 13.6. The predicted molar refractivity (Wildman–Crippen MR) is 94.1 cm³/mol. The molecule has 0 N–H and O–H groups in total. The lowest BCUT2D eigenvalue weighted by Crippen LogP contribution is -2.34. The lowest BCUT2D eigenvalue weighted by molar-refractivity contribution is -0.137. The zero-order valence-electron chi connectivity index (χ0n) is 15.0. The van der Waals surface area contributed by atoms with Crippen LogP contribution in [0.25, 0.3) is 22.2 Å². The van der Waals surface area contributed by atoms with Crippen molar-refractivity contribution in [3.05, 3.63) is 48.3 Å². The molecular weight excluding hydrogens is 395 g/mol. The number of hydrogen-bond acceptors (Lipinski definition) is 3. The molecule has 1 fully saturated rings. The van der Waals surface area contributed by atoms with Crippen LogP contribution in [-0.2, 0) is 17.5 Å². The van der Waals surface area contributed by atoms with Crippen LogP contribution in [-0.4, -0.2) is 44.6 Å². The second kappa shape index (κ2) is 6.78. The van der Waals surface area contributed by atoms with Crippen LogP contribution >= 0.6 is 0 Å². The summed E-state index contributed by atoms with van der Waals surface area (Å²) in [6.07, 6.45) is -2.01. The van der Waals surface area contributed by atoms with Crippen LogP contribution in [0.1, 0.15) is 12.0 Å². The molecule has 1 aliphatic rings. The van der Waals surface area contributed by atoms with Crippen molar-refractivity contribution >= 4 is 16.9 Å². The van der Waals surface area contributed by atoms with Gasteiger partial charge in [0.1, 0.15) is 12.1 Å². The largest absolute Gasteiger partial charge is 0.416 e. The second-order valence-electron chi connectivity index (χ2n) is 6.93. The van der Waals surface area contributed by atoms with Crippen molar-refractivity contribution in [2.45, 2.75) is 25.1 Å². The fraction of sp³-hybridized carbons (Fsp3) is 0.316. The van der Waals surface area contributed by atoms with Crippen LogP contribution in [0.3, 0.4) is 0 Å². The Balaban J connectivity index is 1.63. The molecule has 10 heteroatoms. The van der Waals surface area contributed by atoms with Crippen LogP contribution < -0.4 is 0 Å². The van der Waals surface area contributed by atoms with E-state index in [2.05, 4.69) is 10.1 Å². The molecule has 3 heterocycles. The summed E-state index contributed by atoms with van der Waals surface area (Å²) in [5.41, 5.74) is 0.825. The number of benzene rings is 1. The Morgan fingerprint density at radius 3 is 2.62 bits per heavy atom. The molecule has 0 bridgehead atoms. The maximum Gasteiger partial charge on any atom is 0.416 e. The average molecular weight is 410 g/mol. The molecular formula is C19H15F5N4O. The summed E-state index contributed by atoms with van der Waals surface area (Å²) in [4.78, 5) is 17.6. The predicted octanol–water partition coefficient (Wildman–Crippen LogP) is 3.98. The van der Waals surface area contributed by atoms with E-state index >= 15 is 0 Å². The Morgan fingerprint density at radius 2 is 1.93 bits per heavy atom. The van der Waals surface area contributed by atoms with Crippen LogP contribution in [0.15, 0.2) is 42.7 Å². The molecule has 0 aliphatic carbocycles. The third-order valence-electron chi connectivity index (χ3n) is 4.83. The molecule has 0 spiro atoms. The second-order valence-corrected chi connectivity index (χ2v) is 6.93. The Kier molecular flexibility index (Phi) is 4.51. The van der Waals surface area contributed by atoms with Gasteiger partial charge in [-0.05, 0) is 23.8 Å². The smallest absolute Gasteiger partial charge is 0.335 e. The lowest BCUT2D eigenvalue weighted by atomic mass is 10.0. The van der Waals surface area contributed by atoms with Gasteiger partial charge in [-0.25, -0.2) is 8.78 Å². The van der Waals surface area contributed by atoms with E-state index in [1.54, 1.807) is 6.07 Å². The van der Waals surface area contributed by atoms with E-state index in [-0.39, 0.29) is 19.5 Å². The molecule has 5 nitrogen and oxygen atoms in total. The summed E-state index contributed by atoms with van der Waals surface area (Å²) in [7, 11) is 0. The molecule has 29 heavy (non-hydrogen) atoms. The van der Waals surface area contributed by atoms with Crippen LogP contribution in [0.4, 0.5) is 22.0 Å². The van der Waals surface area contributed by atoms with Crippen LogP contribution in [0, 0.1) is 0 Å². The standard InChI is InChI=1S/C19H15F5N4O/c20-18(21)4-5-27(11-18)17(29)10-28-16-7-13(8-25-15(16)9-26-28)12-2-1-3-14(6-12)19(22,23)24/h1-3,6-9H,4-5,10-11H2. The van der Waals surface area contributed by atoms with Gasteiger partial charge in [0, 0.05) is 24.7 Å². The summed E-state index contributed by atoms with van der Waals surface area (Å²) in [5.74, 6) is -3.39. The monoisotopic (exact) mass is 410 g/mol. The fourth-order valence-electron chi connectivity index (χ4n) is 3.29. The summed E-state index contributed by atoms with van der Waals surface area (Å²) in [6.45, 7) is -0.912. The highest BCUT2D eigenvalue weighted by Gasteiger charge is 2.40. The molecule has 1 saturated heterocycles. The number of aromatic nitrogens is 3. The topological polar surface area (TPSA) is 51.0 Å². The number of carbonyl (C=O) groups excluding carboxylic acids is 1. The molecule has 1 aliphatic heterocycles. The van der Waals surface area contributed by atoms with Gasteiger partial charge >= 0.3 is 6.18 Å². The highest BCUT2D eigenvalue weighted by molar-refractivity contribution is 5.83. The van der Waals surface area contributed by atoms with E-state index < -0.39 is 30.1 Å². The van der Waals surface area contributed by atoms with Gasteiger partial charge < -0.3 is 4.90 Å². The van der Waals surface area contributed by atoms with Gasteiger partial charge in [-0.15, -0.1) is 0 Å². The van der Waals surface area contributed by atoms with Gasteiger partial charge in [0.2, 0.25) is 5.91 Å². The van der Waals surface area contributed by atoms with E-state index in [1.165, 1.54) is 29.2 Å². The first-order valence-corrected chi connectivity index (χ1v) is 8.77. The maximum atomic E-state index is 13.3. The zero-order chi connectivity index (χ0) is 20.8. The molecule has 0 radical (unpaired) electrons. The number of pyridine rings is 1. The van der Waals surface area contributed by atoms with Crippen molar-refractivity contribution in [3.63, 3.8) is 0 Å². The van der Waals surface area contributed by atoms with Crippen LogP contribution in [0.5, 0.6) is 0 Å². The van der Waals surface area contributed by atoms with Gasteiger partial charge in [0.05, 0.1) is 23.8 Å². The summed E-state index contributed by atoms with van der Waals surface area (Å²) in [6, 6.07) is 6.40. The molecule has 152 valence electrons. The first-order valence-electron chi connectivity index (χ1n) is 8.77. The van der Waals surface area contributed by atoms with E-state index in [0.717, 1.165) is 17.0 Å². The van der Waals surface area contributed by atoms with Crippen molar-refractivity contribution < 1.29 is 26.7 Å². The number of likely N-dealkylation sites (tertiary alicyclic amines) is 1. The average Bonchev–Trinajstić information content (AvgIpc) is 3.23. The molecule has 4 rings (SSSR count). The Labute approximate surface area is 161 Å². The number of hydrogen-bond donors (Lipinski definition) is 0. The van der Waals surface area contributed by atoms with E-state index in [9.17, 15) is 26.7 Å². The molecule has 0 saturated carbocycles. The van der Waals surface area contributed by atoms with E-state index in [0.29, 0.717) is 22.2 Å². The van der Waals surface area contributed by atoms with E-state index in [4.69, 9.17) is 0 Å². The fourth-order valence-corrected chi connectivity index (χ4v) is 3.29. The van der Waals surface area contributed by atoms with Crippen LogP contribution in [0.2, 0.25) is 0 Å². The third-order valence-corrected chi connectivity index (χ3v) is 4.83. The van der Waals surface area contributed by atoms with E-state index in [1.807, 2.05) is 0 Å². The maximum absolute atomic E-state index is 13.3. The summed E-state index contributed by atoms with van der Waals surface area (Å²) >= 11 is 0. The zero-order valence-corrected chi connectivity index (χ0v) is 15.0. The Morgan fingerprint density at radius 1 is 1.14 bits per heavy atom. The molecule has 1 aromatic carbocycles. The Bertz CT molecular complexity index is 1080. The van der Waals surface area contributed by atoms with Gasteiger partial charge in [-0.2, -0.15) is 18.3 Å². The van der Waals surface area contributed by atoms with Gasteiger partial charge in [0.15, 0.2) is 0 Å². The number of carbonyl (C=O) groups is 1. The number of alkyl halides is 5. The van der Waals surface area contributed by atoms with Gasteiger partial charge in [-0.3, -0.25) is 14.5 Å². The van der Waals surface area contributed by atoms with Gasteiger partial charge in [-0.1, -0.05) is 12.1 Å². The highest BCUT2D eigenvalue weighted by atomic mass is 19.4. The summed E-state index contributed by atoms with van der Waals surface area (Å²) < 4.78 is 66.9. The van der Waals surface area contributed by atoms with Crippen molar-refractivity contribution in [1.82, 2.24) is 19.7 Å². The molecule has 2 aromatic heterocycles. The summed E-state index contributed by atoms with van der Waals surface area (Å²) in [5, 5.41) is 4.07. The highest BCUT2D eigenvalue weighted by Crippen LogP contribution is 2.32. The molecule has 0 atom stereocenters. The third kappa shape index (κ3) is 3.92. The lowest BCUT2D eigenvalue weighted by Gasteiger charge is -2.16. The van der Waals surface area contributed by atoms with Crippen molar-refractivity contribution in [3.8, 4) is 11.1 Å². The van der Waals surface area contributed by atoms with Crippen molar-refractivity contribution in [1.29, 1.82) is 0 Å². The SMILES string of the molecule is O=C(Cn1ncc2ncc(-c3cccc(C(F)(F)F)c3)cc21)N1CCC(F)(F)C1. The van der Waals surface area contributed by atoms with Crippen molar-refractivity contribution in [2.75, 3.05) is 13.1 Å². The number of amides is 1. The number of nitrogens with zero attached hydrogens (tertiary/aromatic N) is 4. The quantitative estimate of drug-likeness (QED) is 0.614. The molecule has 1 amide bonds. The van der Waals surface area contributed by atoms with Gasteiger partial charge in [0.25, 0.3) is 5.92 Å². The first kappa shape index (κ1) is 19.3. The molecule has 0 unspecified atom stereocenters. The minimum absolute atomic E-state index is 0.0290. The number of rotatable bonds is 3. The Hall–Kier alpha value is -3.04. The number of halogens is 5. The minimum Gasteiger partial charge on any atom is -0.335 e. The normalized spacial score (nSPS) is 16.5.